The predicted molar refractivity (Wildman–Crippen MR) is 292 cm³/mol. The molecule has 0 aliphatic rings. The number of hydrogen-bond donors (Lipinski definition) is 0. The van der Waals surface area contributed by atoms with Gasteiger partial charge in [-0.2, -0.15) is 0 Å². The van der Waals surface area contributed by atoms with Gasteiger partial charge in [0.1, 0.15) is 11.6 Å². The van der Waals surface area contributed by atoms with E-state index in [1.807, 2.05) is 54.6 Å². The van der Waals surface area contributed by atoms with Crippen LogP contribution in [0, 0.1) is 0 Å². The molecule has 0 amide bonds. The molecule has 15 rings (SSSR count). The molecule has 10 aromatic carbocycles. The fraction of sp³-hybridized carbons (Fsp3) is 0. The van der Waals surface area contributed by atoms with Gasteiger partial charge in [0, 0.05) is 54.3 Å². The third-order valence-corrected chi connectivity index (χ3v) is 14.0. The lowest BCUT2D eigenvalue weighted by atomic mass is 9.92. The van der Waals surface area contributed by atoms with E-state index in [1.165, 1.54) is 15.3 Å². The summed E-state index contributed by atoms with van der Waals surface area (Å²) in [5.41, 5.74) is 11.1. The molecule has 0 saturated carbocycles. The zero-order valence-corrected chi connectivity index (χ0v) is 37.3. The Hall–Kier alpha value is -9.45. The van der Waals surface area contributed by atoms with E-state index in [0.717, 1.165) is 82.7 Å². The zero-order chi connectivity index (χ0) is 52.8. The zero-order valence-electron chi connectivity index (χ0n) is 45.3. The first kappa shape index (κ1) is 31.5. The van der Waals surface area contributed by atoms with E-state index >= 15 is 0 Å². The van der Waals surface area contributed by atoms with Gasteiger partial charge in [-0.05, 0) is 95.5 Å². The molecule has 0 bridgehead atoms. The molecule has 0 atom stereocenters. The van der Waals surface area contributed by atoms with Gasteiger partial charge in [-0.3, -0.25) is 9.13 Å². The second-order valence-corrected chi connectivity index (χ2v) is 17.7. The summed E-state index contributed by atoms with van der Waals surface area (Å²) in [5.74, 6) is 0.658. The van der Waals surface area contributed by atoms with E-state index in [4.69, 9.17) is 10.5 Å². The Morgan fingerprint density at radius 2 is 0.686 bits per heavy atom. The van der Waals surface area contributed by atoms with Crippen LogP contribution >= 0.6 is 0 Å². The minimum absolute atomic E-state index is 0.0163. The van der Waals surface area contributed by atoms with E-state index in [2.05, 4.69) is 159 Å². The summed E-state index contributed by atoms with van der Waals surface area (Å²) in [6.07, 6.45) is 0. The molecular formula is C65H41N5. The van der Waals surface area contributed by atoms with Crippen molar-refractivity contribution in [3.63, 3.8) is 0 Å². The first-order chi connectivity index (χ1) is 38.1. The maximum absolute atomic E-state index is 9.54. The largest absolute Gasteiger partial charge is 0.309 e. The van der Waals surface area contributed by atoms with Crippen LogP contribution in [-0.2, 0) is 0 Å². The van der Waals surface area contributed by atoms with Crippen LogP contribution in [0.5, 0.6) is 0 Å². The van der Waals surface area contributed by atoms with Crippen LogP contribution in [0.4, 0.5) is 0 Å². The molecule has 5 heterocycles. The van der Waals surface area contributed by atoms with E-state index in [9.17, 15) is 5.48 Å². The Balaban J connectivity index is 1.10. The highest BCUT2D eigenvalue weighted by Crippen LogP contribution is 2.44. The average molecular weight is 900 g/mol. The number of rotatable bonds is 6. The Morgan fingerprint density at radius 3 is 1.14 bits per heavy atom. The Morgan fingerprint density at radius 1 is 0.300 bits per heavy atom. The molecule has 5 heteroatoms. The normalized spacial score (nSPS) is 13.6. The number of nitrogens with zero attached hydrogens (tertiary/aromatic N) is 5. The summed E-state index contributed by atoms with van der Waals surface area (Å²) in [4.78, 5) is 5.49. The maximum Gasteiger partial charge on any atom is 0.140 e. The molecule has 15 aromatic rings. The topological polar surface area (TPSA) is 32.6 Å². The standard InChI is InChI=1S/C65H41N5/c1-9-27-54-46(18-1)47-19-2-10-28-55(47)67(54)44-38-36-42(37-39-44)45-26-17-35-62(68-56-29-11-3-20-48(56)49-21-4-12-30-57(49)68)65(45)43-40-63(69-58-31-13-5-22-50(58)51-23-6-14-32-59(51)69)66-64(41-43)70-60-33-15-7-24-52(60)53-25-8-16-34-61(53)70/h1-41H/i5D,6D,13D,14D,22D,23D,31D,32D. The fourth-order valence-electron chi connectivity index (χ4n) is 11.1. The van der Waals surface area contributed by atoms with Crippen LogP contribution in [0.2, 0.25) is 0 Å². The Kier molecular flexibility index (Phi) is 6.76. The van der Waals surface area contributed by atoms with Crippen molar-refractivity contribution in [3.8, 4) is 45.3 Å². The van der Waals surface area contributed by atoms with Gasteiger partial charge in [-0.25, -0.2) is 4.98 Å². The molecule has 0 spiro atoms. The molecule has 0 radical (unpaired) electrons. The SMILES string of the molecule is [2H]c1c([2H])c([2H])c2c(c1[2H])c1c([2H])c([2H])c([2H])c([2H])c1n2-c1cc(-c2c(-c3ccc(-n4c5ccccc5c5ccccc54)cc3)cccc2-n2c3ccccc3c3ccccc32)cc(-n2c3ccccc3c3ccccc32)n1. The first-order valence-electron chi connectivity index (χ1n) is 27.3. The van der Waals surface area contributed by atoms with Crippen LogP contribution in [0.15, 0.2) is 249 Å². The van der Waals surface area contributed by atoms with Gasteiger partial charge in [0.05, 0.1) is 60.8 Å². The molecule has 0 saturated heterocycles. The van der Waals surface area contributed by atoms with Crippen molar-refractivity contribution in [1.29, 1.82) is 0 Å². The minimum Gasteiger partial charge on any atom is -0.309 e. The minimum atomic E-state index is -0.513. The molecule has 0 aliphatic heterocycles. The van der Waals surface area contributed by atoms with Gasteiger partial charge < -0.3 is 9.13 Å². The van der Waals surface area contributed by atoms with Crippen LogP contribution in [0.25, 0.3) is 132 Å². The number of hydrogen-bond acceptors (Lipinski definition) is 1. The highest BCUT2D eigenvalue weighted by molar-refractivity contribution is 6.13. The molecule has 0 N–H and O–H groups in total. The van der Waals surface area contributed by atoms with Crippen LogP contribution in [-0.4, -0.2) is 23.3 Å². The molecule has 0 unspecified atom stereocenters. The van der Waals surface area contributed by atoms with Crippen molar-refractivity contribution < 1.29 is 11.0 Å². The number of benzene rings is 10. The van der Waals surface area contributed by atoms with Gasteiger partial charge in [-0.1, -0.05) is 170 Å². The van der Waals surface area contributed by atoms with Crippen LogP contribution in [0.3, 0.4) is 0 Å². The molecule has 70 heavy (non-hydrogen) atoms. The van der Waals surface area contributed by atoms with Gasteiger partial charge in [0.25, 0.3) is 0 Å². The highest BCUT2D eigenvalue weighted by atomic mass is 15.1. The second kappa shape index (κ2) is 15.0. The molecular weight excluding hydrogens is 851 g/mol. The van der Waals surface area contributed by atoms with Crippen molar-refractivity contribution in [2.45, 2.75) is 0 Å². The summed E-state index contributed by atoms with van der Waals surface area (Å²) in [6.45, 7) is 0. The third-order valence-electron chi connectivity index (χ3n) is 14.0. The molecule has 5 nitrogen and oxygen atoms in total. The quantitative estimate of drug-likeness (QED) is 0.164. The lowest BCUT2D eigenvalue weighted by Crippen LogP contribution is -2.06. The third kappa shape index (κ3) is 5.57. The average Bonchev–Trinajstić information content (AvgIpc) is 4.13. The van der Waals surface area contributed by atoms with Crippen LogP contribution in [0.1, 0.15) is 11.0 Å². The van der Waals surface area contributed by atoms with Gasteiger partial charge >= 0.3 is 0 Å². The predicted octanol–water partition coefficient (Wildman–Crippen LogP) is 16.8. The number of para-hydroxylation sites is 8. The van der Waals surface area contributed by atoms with E-state index < -0.39 is 48.3 Å². The summed E-state index contributed by atoms with van der Waals surface area (Å²) in [5, 5.41) is 6.44. The van der Waals surface area contributed by atoms with Gasteiger partial charge in [-0.15, -0.1) is 0 Å². The molecule has 326 valence electrons. The molecule has 0 aliphatic carbocycles. The van der Waals surface area contributed by atoms with Crippen molar-refractivity contribution in [3.05, 3.63) is 249 Å². The highest BCUT2D eigenvalue weighted by Gasteiger charge is 2.24. The van der Waals surface area contributed by atoms with Crippen molar-refractivity contribution in [2.24, 2.45) is 0 Å². The summed E-state index contributed by atoms with van der Waals surface area (Å²) < 4.78 is 81.6. The summed E-state index contributed by atoms with van der Waals surface area (Å²) in [6, 6.07) is 65.1. The fourth-order valence-corrected chi connectivity index (χ4v) is 11.1. The van der Waals surface area contributed by atoms with E-state index in [-0.39, 0.29) is 27.6 Å². The second-order valence-electron chi connectivity index (χ2n) is 17.7. The lowest BCUT2D eigenvalue weighted by Gasteiger charge is -2.21. The molecule has 0 fully saturated rings. The summed E-state index contributed by atoms with van der Waals surface area (Å²) in [7, 11) is 0. The smallest absolute Gasteiger partial charge is 0.140 e. The van der Waals surface area contributed by atoms with Crippen molar-refractivity contribution in [2.75, 3.05) is 0 Å². The summed E-state index contributed by atoms with van der Waals surface area (Å²) >= 11 is 0. The van der Waals surface area contributed by atoms with E-state index in [0.29, 0.717) is 11.4 Å². The van der Waals surface area contributed by atoms with E-state index in [1.54, 1.807) is 0 Å². The maximum atomic E-state index is 9.54. The molecule has 5 aromatic heterocycles. The number of aromatic nitrogens is 5. The van der Waals surface area contributed by atoms with Gasteiger partial charge in [0.2, 0.25) is 0 Å². The monoisotopic (exact) mass is 899 g/mol. The Bertz CT molecular complexity index is 4850. The van der Waals surface area contributed by atoms with Gasteiger partial charge in [0.15, 0.2) is 0 Å². The van der Waals surface area contributed by atoms with Crippen molar-refractivity contribution >= 4 is 87.2 Å². The number of pyridine rings is 1. The first-order valence-corrected chi connectivity index (χ1v) is 23.3. The van der Waals surface area contributed by atoms with Crippen molar-refractivity contribution in [1.82, 2.24) is 23.3 Å². The Labute approximate surface area is 413 Å². The lowest BCUT2D eigenvalue weighted by molar-refractivity contribution is 1.01. The van der Waals surface area contributed by atoms with Crippen LogP contribution < -0.4 is 0 Å². The number of fused-ring (bicyclic) bond motifs is 12.